The van der Waals surface area contributed by atoms with Crippen LogP contribution in [0.25, 0.3) is 0 Å². The van der Waals surface area contributed by atoms with Crippen LogP contribution in [0, 0.1) is 0 Å². The molecule has 1 aromatic carbocycles. The minimum Gasteiger partial charge on any atom is -0.301 e. The molecule has 0 atom stereocenters. The van der Waals surface area contributed by atoms with E-state index in [0.717, 1.165) is 33.3 Å². The average Bonchev–Trinajstić information content (AvgIpc) is 2.87. The summed E-state index contributed by atoms with van der Waals surface area (Å²) in [5.41, 5.74) is 2.80. The number of hydrogen-bond donors (Lipinski definition) is 1. The van der Waals surface area contributed by atoms with Crippen LogP contribution < -0.4 is 5.56 Å². The molecule has 0 bridgehead atoms. The second-order valence-corrected chi connectivity index (χ2v) is 6.53. The number of H-pyrrole nitrogens is 1. The fraction of sp³-hybridized carbons (Fsp3) is 0.231. The van der Waals surface area contributed by atoms with Crippen molar-refractivity contribution < 1.29 is 0 Å². The summed E-state index contributed by atoms with van der Waals surface area (Å²) in [6.45, 7) is 0. The van der Waals surface area contributed by atoms with E-state index < -0.39 is 0 Å². The molecule has 2 aromatic rings. The van der Waals surface area contributed by atoms with E-state index in [1.54, 1.807) is 11.8 Å². The number of hydrogen-bond acceptors (Lipinski definition) is 4. The molecule has 1 aliphatic rings. The fourth-order valence-electron chi connectivity index (χ4n) is 1.87. The third-order valence-electron chi connectivity index (χ3n) is 2.89. The molecule has 1 aromatic heterocycles. The van der Waals surface area contributed by atoms with E-state index in [9.17, 15) is 4.79 Å². The molecular weight excluding hydrogens is 300 g/mol. The zero-order valence-electron chi connectivity index (χ0n) is 9.98. The van der Waals surface area contributed by atoms with Crippen LogP contribution >= 0.6 is 35.1 Å². The van der Waals surface area contributed by atoms with Crippen molar-refractivity contribution in [2.24, 2.45) is 0 Å². The fourth-order valence-corrected chi connectivity index (χ4v) is 4.07. The quantitative estimate of drug-likeness (QED) is 0.696. The van der Waals surface area contributed by atoms with Gasteiger partial charge < -0.3 is 4.98 Å². The zero-order valence-corrected chi connectivity index (χ0v) is 12.4. The maximum Gasteiger partial charge on any atom is 0.255 e. The number of rotatable bonds is 3. The normalized spacial score (nSPS) is 13.5. The molecule has 2 heterocycles. The molecule has 3 nitrogen and oxygen atoms in total. The van der Waals surface area contributed by atoms with Crippen LogP contribution in [0.5, 0.6) is 0 Å². The largest absolute Gasteiger partial charge is 0.301 e. The van der Waals surface area contributed by atoms with Crippen molar-refractivity contribution in [1.29, 1.82) is 0 Å². The van der Waals surface area contributed by atoms with Gasteiger partial charge in [-0.3, -0.25) is 4.79 Å². The summed E-state index contributed by atoms with van der Waals surface area (Å²) in [7, 11) is 0. The molecule has 0 fully saturated rings. The van der Waals surface area contributed by atoms with E-state index in [2.05, 4.69) is 9.97 Å². The van der Waals surface area contributed by atoms with Crippen molar-refractivity contribution in [3.8, 4) is 0 Å². The van der Waals surface area contributed by atoms with Gasteiger partial charge in [-0.15, -0.1) is 0 Å². The first-order valence-corrected chi connectivity index (χ1v) is 8.32. The number of halogens is 1. The lowest BCUT2D eigenvalue weighted by Crippen LogP contribution is -2.14. The number of nitrogens with one attached hydrogen (secondary N) is 1. The van der Waals surface area contributed by atoms with Crippen LogP contribution in [0.2, 0.25) is 5.02 Å². The number of nitrogens with zero attached hydrogens (tertiary/aromatic N) is 1. The highest BCUT2D eigenvalue weighted by Gasteiger charge is 2.17. The van der Waals surface area contributed by atoms with E-state index in [1.165, 1.54) is 11.8 Å². The molecule has 0 aliphatic carbocycles. The van der Waals surface area contributed by atoms with Gasteiger partial charge in [0.05, 0.1) is 5.69 Å². The first kappa shape index (κ1) is 13.1. The Kier molecular flexibility index (Phi) is 3.86. The molecule has 0 amide bonds. The van der Waals surface area contributed by atoms with E-state index in [4.69, 9.17) is 11.6 Å². The van der Waals surface area contributed by atoms with E-state index in [0.29, 0.717) is 10.9 Å². The van der Waals surface area contributed by atoms with Crippen LogP contribution in [0.1, 0.15) is 16.8 Å². The van der Waals surface area contributed by atoms with Gasteiger partial charge in [-0.1, -0.05) is 41.6 Å². The minimum absolute atomic E-state index is 0.00309. The van der Waals surface area contributed by atoms with Gasteiger partial charge in [0.25, 0.3) is 5.56 Å². The SMILES string of the molecule is O=c1[nH]c(SCc2ccccc2Cl)nc2c1CSC2. The molecule has 0 radical (unpaired) electrons. The Labute approximate surface area is 124 Å². The maximum atomic E-state index is 11.9. The smallest absolute Gasteiger partial charge is 0.255 e. The predicted octanol–water partition coefficient (Wildman–Crippen LogP) is 3.46. The number of fused-ring (bicyclic) bond motifs is 1. The molecule has 0 unspecified atom stereocenters. The number of thioether (sulfide) groups is 2. The Morgan fingerprint density at radius 2 is 2.21 bits per heavy atom. The van der Waals surface area contributed by atoms with E-state index in [-0.39, 0.29) is 5.56 Å². The van der Waals surface area contributed by atoms with Gasteiger partial charge in [-0.25, -0.2) is 4.98 Å². The van der Waals surface area contributed by atoms with Gasteiger partial charge in [0.2, 0.25) is 0 Å². The highest BCUT2D eigenvalue weighted by molar-refractivity contribution is 7.98. The summed E-state index contributed by atoms with van der Waals surface area (Å²) in [5, 5.41) is 1.42. The number of benzene rings is 1. The van der Waals surface area contributed by atoms with Crippen molar-refractivity contribution in [2.75, 3.05) is 0 Å². The molecule has 1 N–H and O–H groups in total. The summed E-state index contributed by atoms with van der Waals surface area (Å²) in [6.07, 6.45) is 0. The van der Waals surface area contributed by atoms with Crippen LogP contribution in [0.3, 0.4) is 0 Å². The number of aromatic nitrogens is 2. The monoisotopic (exact) mass is 310 g/mol. The Hall–Kier alpha value is -0.910. The zero-order chi connectivity index (χ0) is 13.2. The van der Waals surface area contributed by atoms with Gasteiger partial charge in [-0.05, 0) is 11.6 Å². The van der Waals surface area contributed by atoms with Gasteiger partial charge >= 0.3 is 0 Å². The van der Waals surface area contributed by atoms with Gasteiger partial charge in [0, 0.05) is 27.8 Å². The van der Waals surface area contributed by atoms with Gasteiger partial charge in [-0.2, -0.15) is 11.8 Å². The lowest BCUT2D eigenvalue weighted by molar-refractivity contribution is 0.884. The van der Waals surface area contributed by atoms with Crippen molar-refractivity contribution in [3.05, 3.63) is 56.5 Å². The number of aromatic amines is 1. The lowest BCUT2D eigenvalue weighted by atomic mass is 10.2. The average molecular weight is 311 g/mol. The highest BCUT2D eigenvalue weighted by Crippen LogP contribution is 2.28. The summed E-state index contributed by atoms with van der Waals surface area (Å²) >= 11 is 9.34. The standard InChI is InChI=1S/C13H11ClN2OS2/c14-10-4-2-1-3-8(10)5-19-13-15-11-7-18-6-9(11)12(17)16-13/h1-4H,5-7H2,(H,15,16,17). The molecule has 6 heteroatoms. The van der Waals surface area contributed by atoms with Crippen LogP contribution in [-0.2, 0) is 17.3 Å². The predicted molar refractivity (Wildman–Crippen MR) is 80.9 cm³/mol. The van der Waals surface area contributed by atoms with E-state index in [1.807, 2.05) is 24.3 Å². The van der Waals surface area contributed by atoms with Gasteiger partial charge in [0.1, 0.15) is 0 Å². The summed E-state index contributed by atoms with van der Waals surface area (Å²) in [4.78, 5) is 19.2. The van der Waals surface area contributed by atoms with E-state index >= 15 is 0 Å². The van der Waals surface area contributed by atoms with Crippen molar-refractivity contribution in [1.82, 2.24) is 9.97 Å². The molecule has 0 saturated heterocycles. The molecule has 0 spiro atoms. The minimum atomic E-state index is -0.00309. The molecule has 1 aliphatic heterocycles. The highest BCUT2D eigenvalue weighted by atomic mass is 35.5. The van der Waals surface area contributed by atoms with Gasteiger partial charge in [0.15, 0.2) is 5.16 Å². The summed E-state index contributed by atoms with van der Waals surface area (Å²) in [5.74, 6) is 2.31. The second-order valence-electron chi connectivity index (χ2n) is 4.17. The summed E-state index contributed by atoms with van der Waals surface area (Å²) < 4.78 is 0. The Balaban J connectivity index is 1.80. The molecule has 0 saturated carbocycles. The first-order chi connectivity index (χ1) is 9.24. The molecule has 98 valence electrons. The van der Waals surface area contributed by atoms with Crippen molar-refractivity contribution in [2.45, 2.75) is 22.4 Å². The maximum absolute atomic E-state index is 11.9. The molecular formula is C13H11ClN2OS2. The Morgan fingerprint density at radius 1 is 1.37 bits per heavy atom. The molecule has 19 heavy (non-hydrogen) atoms. The Morgan fingerprint density at radius 3 is 3.05 bits per heavy atom. The Bertz CT molecular complexity index is 672. The second kappa shape index (κ2) is 5.61. The summed E-state index contributed by atoms with van der Waals surface area (Å²) in [6, 6.07) is 7.71. The topological polar surface area (TPSA) is 45.8 Å². The molecule has 3 rings (SSSR count). The van der Waals surface area contributed by atoms with Crippen LogP contribution in [0.4, 0.5) is 0 Å². The van der Waals surface area contributed by atoms with Crippen molar-refractivity contribution in [3.63, 3.8) is 0 Å². The first-order valence-electron chi connectivity index (χ1n) is 5.80. The van der Waals surface area contributed by atoms with Crippen molar-refractivity contribution >= 4 is 35.1 Å². The van der Waals surface area contributed by atoms with Crippen LogP contribution in [0.15, 0.2) is 34.2 Å². The lowest BCUT2D eigenvalue weighted by Gasteiger charge is -2.05. The van der Waals surface area contributed by atoms with Crippen LogP contribution in [-0.4, -0.2) is 9.97 Å². The third kappa shape index (κ3) is 2.83. The third-order valence-corrected chi connectivity index (χ3v) is 5.15.